The van der Waals surface area contributed by atoms with Crippen molar-refractivity contribution in [1.82, 2.24) is 9.55 Å². The minimum absolute atomic E-state index is 0.463. The highest BCUT2D eigenvalue weighted by molar-refractivity contribution is 4.81. The van der Waals surface area contributed by atoms with E-state index in [9.17, 15) is 4.39 Å². The number of allylic oxidation sites excluding steroid dienone is 1. The van der Waals surface area contributed by atoms with Crippen LogP contribution in [0.25, 0.3) is 0 Å². The smallest absolute Gasteiger partial charge is 0.289 e. The highest BCUT2D eigenvalue weighted by Gasteiger charge is 1.94. The molecule has 0 aliphatic carbocycles. The lowest BCUT2D eigenvalue weighted by molar-refractivity contribution is 0.487. The standard InChI is InChI=1S/C6H7FN2/c1-2-4-9-5-3-8-6(9)7/h2-3,5H,1,4H2. The zero-order valence-electron chi connectivity index (χ0n) is 4.92. The van der Waals surface area contributed by atoms with E-state index < -0.39 is 6.08 Å². The molecule has 1 aromatic heterocycles. The Labute approximate surface area is 52.6 Å². The van der Waals surface area contributed by atoms with Crippen LogP contribution in [0.4, 0.5) is 4.39 Å². The second kappa shape index (κ2) is 2.44. The molecule has 0 saturated heterocycles. The number of imidazole rings is 1. The fourth-order valence-electron chi connectivity index (χ4n) is 0.586. The Bertz CT molecular complexity index is 205. The molecule has 0 unspecified atom stereocenters. The molecule has 0 aromatic carbocycles. The molecule has 0 fully saturated rings. The van der Waals surface area contributed by atoms with Gasteiger partial charge in [-0.1, -0.05) is 6.08 Å². The largest absolute Gasteiger partial charge is 0.304 e. The van der Waals surface area contributed by atoms with Crippen molar-refractivity contribution in [3.8, 4) is 0 Å². The molecular formula is C6H7FN2. The Balaban J connectivity index is 2.80. The van der Waals surface area contributed by atoms with Crippen molar-refractivity contribution in [1.29, 1.82) is 0 Å². The molecule has 1 heterocycles. The minimum Gasteiger partial charge on any atom is -0.304 e. The molecule has 48 valence electrons. The summed E-state index contributed by atoms with van der Waals surface area (Å²) in [6.45, 7) is 3.94. The van der Waals surface area contributed by atoms with E-state index in [4.69, 9.17) is 0 Å². The predicted molar refractivity (Wildman–Crippen MR) is 32.4 cm³/mol. The number of hydrogen-bond donors (Lipinski definition) is 0. The molecule has 0 atom stereocenters. The topological polar surface area (TPSA) is 17.8 Å². The van der Waals surface area contributed by atoms with Crippen LogP contribution in [-0.4, -0.2) is 9.55 Å². The van der Waals surface area contributed by atoms with Crippen LogP contribution in [0.1, 0.15) is 0 Å². The van der Waals surface area contributed by atoms with E-state index >= 15 is 0 Å². The monoisotopic (exact) mass is 126 g/mol. The first-order valence-corrected chi connectivity index (χ1v) is 2.62. The van der Waals surface area contributed by atoms with Crippen molar-refractivity contribution < 1.29 is 4.39 Å². The third kappa shape index (κ3) is 1.16. The van der Waals surface area contributed by atoms with Gasteiger partial charge in [0.05, 0.1) is 0 Å². The molecule has 0 aliphatic heterocycles. The fourth-order valence-corrected chi connectivity index (χ4v) is 0.586. The van der Waals surface area contributed by atoms with Gasteiger partial charge in [0.15, 0.2) is 0 Å². The lowest BCUT2D eigenvalue weighted by Crippen LogP contribution is -1.96. The van der Waals surface area contributed by atoms with Gasteiger partial charge < -0.3 is 4.57 Å². The molecule has 0 saturated carbocycles. The van der Waals surface area contributed by atoms with Gasteiger partial charge in [0.1, 0.15) is 0 Å². The Morgan fingerprint density at radius 3 is 3.11 bits per heavy atom. The molecule has 1 aromatic rings. The maximum absolute atomic E-state index is 12.3. The van der Waals surface area contributed by atoms with Crippen LogP contribution in [-0.2, 0) is 6.54 Å². The molecule has 1 rings (SSSR count). The van der Waals surface area contributed by atoms with Gasteiger partial charge in [0.2, 0.25) is 0 Å². The second-order valence-corrected chi connectivity index (χ2v) is 1.64. The summed E-state index contributed by atoms with van der Waals surface area (Å²) < 4.78 is 13.7. The Hall–Kier alpha value is -1.12. The molecule has 0 spiro atoms. The van der Waals surface area contributed by atoms with Crippen molar-refractivity contribution in [2.24, 2.45) is 0 Å². The molecule has 0 N–H and O–H groups in total. The first-order chi connectivity index (χ1) is 4.34. The number of halogens is 1. The summed E-state index contributed by atoms with van der Waals surface area (Å²) in [6.07, 6.45) is 4.13. The summed E-state index contributed by atoms with van der Waals surface area (Å²) in [4.78, 5) is 3.38. The average Bonchev–Trinajstić information content (AvgIpc) is 2.18. The summed E-state index contributed by atoms with van der Waals surface area (Å²) in [5.74, 6) is 0. The fraction of sp³-hybridized carbons (Fsp3) is 0.167. The molecule has 3 heteroatoms. The van der Waals surface area contributed by atoms with E-state index in [0.29, 0.717) is 6.54 Å². The van der Waals surface area contributed by atoms with E-state index in [2.05, 4.69) is 11.6 Å². The van der Waals surface area contributed by atoms with Crippen molar-refractivity contribution in [2.45, 2.75) is 6.54 Å². The van der Waals surface area contributed by atoms with Crippen LogP contribution in [0.2, 0.25) is 0 Å². The van der Waals surface area contributed by atoms with E-state index in [1.807, 2.05) is 0 Å². The highest BCUT2D eigenvalue weighted by atomic mass is 19.1. The Morgan fingerprint density at radius 2 is 2.67 bits per heavy atom. The van der Waals surface area contributed by atoms with Gasteiger partial charge in [-0.3, -0.25) is 0 Å². The minimum atomic E-state index is -0.463. The van der Waals surface area contributed by atoms with Crippen molar-refractivity contribution >= 4 is 0 Å². The SMILES string of the molecule is C=CCn1ccnc1F. The molecule has 9 heavy (non-hydrogen) atoms. The molecule has 0 aliphatic rings. The first-order valence-electron chi connectivity index (χ1n) is 2.62. The van der Waals surface area contributed by atoms with Crippen LogP contribution < -0.4 is 0 Å². The molecule has 2 nitrogen and oxygen atoms in total. The van der Waals surface area contributed by atoms with Gasteiger partial charge >= 0.3 is 0 Å². The number of rotatable bonds is 2. The van der Waals surface area contributed by atoms with E-state index in [0.717, 1.165) is 0 Å². The van der Waals surface area contributed by atoms with Crippen LogP contribution in [0.15, 0.2) is 25.0 Å². The van der Waals surface area contributed by atoms with Gasteiger partial charge in [0.25, 0.3) is 6.08 Å². The van der Waals surface area contributed by atoms with Crippen molar-refractivity contribution in [2.75, 3.05) is 0 Å². The normalized spacial score (nSPS) is 9.44. The van der Waals surface area contributed by atoms with Crippen LogP contribution in [0.5, 0.6) is 0 Å². The summed E-state index contributed by atoms with van der Waals surface area (Å²) in [5.41, 5.74) is 0. The van der Waals surface area contributed by atoms with Gasteiger partial charge in [-0.05, 0) is 0 Å². The van der Waals surface area contributed by atoms with Gasteiger partial charge in [-0.25, -0.2) is 4.98 Å². The van der Waals surface area contributed by atoms with Gasteiger partial charge in [-0.2, -0.15) is 4.39 Å². The Morgan fingerprint density at radius 1 is 1.89 bits per heavy atom. The number of hydrogen-bond acceptors (Lipinski definition) is 1. The lowest BCUT2D eigenvalue weighted by Gasteiger charge is -1.93. The maximum Gasteiger partial charge on any atom is 0.289 e. The number of aromatic nitrogens is 2. The molecule has 0 radical (unpaired) electrons. The first kappa shape index (κ1) is 6.01. The highest BCUT2D eigenvalue weighted by Crippen LogP contribution is 1.93. The van der Waals surface area contributed by atoms with Crippen LogP contribution in [0.3, 0.4) is 0 Å². The lowest BCUT2D eigenvalue weighted by atomic mass is 10.6. The average molecular weight is 126 g/mol. The summed E-state index contributed by atoms with van der Waals surface area (Å²) >= 11 is 0. The van der Waals surface area contributed by atoms with Crippen molar-refractivity contribution in [3.05, 3.63) is 31.1 Å². The van der Waals surface area contributed by atoms with E-state index in [-0.39, 0.29) is 0 Å². The maximum atomic E-state index is 12.3. The van der Waals surface area contributed by atoms with Gasteiger partial charge in [0, 0.05) is 18.9 Å². The van der Waals surface area contributed by atoms with E-state index in [1.54, 1.807) is 12.3 Å². The van der Waals surface area contributed by atoms with Gasteiger partial charge in [-0.15, -0.1) is 6.58 Å². The van der Waals surface area contributed by atoms with Crippen LogP contribution in [0, 0.1) is 6.08 Å². The van der Waals surface area contributed by atoms with Crippen molar-refractivity contribution in [3.63, 3.8) is 0 Å². The Kier molecular flexibility index (Phi) is 1.63. The zero-order valence-corrected chi connectivity index (χ0v) is 4.92. The molecular weight excluding hydrogens is 119 g/mol. The quantitative estimate of drug-likeness (QED) is 0.544. The number of nitrogens with zero attached hydrogens (tertiary/aromatic N) is 2. The summed E-state index contributed by atoms with van der Waals surface area (Å²) in [5, 5.41) is 0. The second-order valence-electron chi connectivity index (χ2n) is 1.64. The van der Waals surface area contributed by atoms with E-state index in [1.165, 1.54) is 10.8 Å². The third-order valence-electron chi connectivity index (χ3n) is 0.990. The van der Waals surface area contributed by atoms with Crippen LogP contribution >= 0.6 is 0 Å². The molecule has 0 amide bonds. The predicted octanol–water partition coefficient (Wildman–Crippen LogP) is 1.21. The molecule has 0 bridgehead atoms. The third-order valence-corrected chi connectivity index (χ3v) is 0.990. The zero-order chi connectivity index (χ0) is 6.69. The summed E-state index contributed by atoms with van der Waals surface area (Å²) in [6, 6.07) is 0. The summed E-state index contributed by atoms with van der Waals surface area (Å²) in [7, 11) is 0.